The van der Waals surface area contributed by atoms with Crippen molar-refractivity contribution < 1.29 is 14.7 Å². The van der Waals surface area contributed by atoms with Crippen LogP contribution in [0, 0.1) is 12.8 Å². The summed E-state index contributed by atoms with van der Waals surface area (Å²) >= 11 is 1.55. The van der Waals surface area contributed by atoms with Gasteiger partial charge in [-0.05, 0) is 13.0 Å². The third kappa shape index (κ3) is 4.29. The van der Waals surface area contributed by atoms with Gasteiger partial charge < -0.3 is 15.3 Å². The Morgan fingerprint density at radius 1 is 1.39 bits per heavy atom. The number of aliphatic carboxylic acids is 1. The smallest absolute Gasteiger partial charge is 0.321 e. The zero-order valence-electron chi connectivity index (χ0n) is 13.2. The molecule has 0 saturated heterocycles. The lowest BCUT2D eigenvalue weighted by molar-refractivity contribution is -0.141. The minimum Gasteiger partial charge on any atom is -0.481 e. The fraction of sp³-hybridized carbons (Fsp3) is 0.312. The van der Waals surface area contributed by atoms with Gasteiger partial charge >= 0.3 is 12.0 Å². The van der Waals surface area contributed by atoms with Gasteiger partial charge in [0.25, 0.3) is 0 Å². The number of amides is 2. The molecule has 2 aromatic rings. The number of carboxylic acid groups (broad SMARTS) is 1. The number of nitrogens with zero attached hydrogens (tertiary/aromatic N) is 2. The molecule has 122 valence electrons. The van der Waals surface area contributed by atoms with E-state index in [1.54, 1.807) is 31.4 Å². The number of carboxylic acids is 1. The van der Waals surface area contributed by atoms with Gasteiger partial charge in [-0.1, -0.05) is 25.1 Å². The first-order valence-electron chi connectivity index (χ1n) is 7.15. The quantitative estimate of drug-likeness (QED) is 0.879. The van der Waals surface area contributed by atoms with E-state index in [0.717, 1.165) is 16.3 Å². The lowest BCUT2D eigenvalue weighted by atomic mass is 10.1. The molecule has 0 radical (unpaired) electrons. The molecule has 0 bridgehead atoms. The van der Waals surface area contributed by atoms with Gasteiger partial charge in [0.15, 0.2) is 0 Å². The minimum atomic E-state index is -0.928. The van der Waals surface area contributed by atoms with E-state index in [9.17, 15) is 9.59 Å². The number of aryl methyl sites for hydroxylation is 1. The Morgan fingerprint density at radius 2 is 2.09 bits per heavy atom. The fourth-order valence-electron chi connectivity index (χ4n) is 2.09. The standard InChI is InChI=1S/C16H19N3O3S/c1-10(15(20)21)8-19(3)16(22)18-13-7-5-4-6-12(13)14-9-23-11(2)17-14/h4-7,9-10H,8H2,1-3H3,(H,18,22)(H,20,21). The molecule has 1 unspecified atom stereocenters. The van der Waals surface area contributed by atoms with Crippen molar-refractivity contribution >= 4 is 29.0 Å². The highest BCUT2D eigenvalue weighted by atomic mass is 32.1. The highest BCUT2D eigenvalue weighted by Crippen LogP contribution is 2.28. The Morgan fingerprint density at radius 3 is 2.70 bits per heavy atom. The number of hydrogen-bond donors (Lipinski definition) is 2. The number of carbonyl (C=O) groups excluding carboxylic acids is 1. The van der Waals surface area contributed by atoms with Gasteiger partial charge in [-0.2, -0.15) is 0 Å². The van der Waals surface area contributed by atoms with Gasteiger partial charge in [0.1, 0.15) is 0 Å². The van der Waals surface area contributed by atoms with E-state index in [4.69, 9.17) is 5.11 Å². The normalized spacial score (nSPS) is 11.8. The molecule has 6 nitrogen and oxygen atoms in total. The molecule has 7 heteroatoms. The molecule has 0 saturated carbocycles. The number of hydrogen-bond acceptors (Lipinski definition) is 4. The van der Waals surface area contributed by atoms with E-state index < -0.39 is 11.9 Å². The van der Waals surface area contributed by atoms with E-state index in [2.05, 4.69) is 10.3 Å². The Bertz CT molecular complexity index is 714. The molecule has 0 aliphatic heterocycles. The Kier molecular flexibility index (Phi) is 5.33. The predicted octanol–water partition coefficient (Wildman–Crippen LogP) is 3.30. The first kappa shape index (κ1) is 17.0. The first-order valence-corrected chi connectivity index (χ1v) is 8.03. The maximum Gasteiger partial charge on any atom is 0.321 e. The summed E-state index contributed by atoms with van der Waals surface area (Å²) < 4.78 is 0. The van der Waals surface area contributed by atoms with Crippen LogP contribution in [-0.4, -0.2) is 40.6 Å². The summed E-state index contributed by atoms with van der Waals surface area (Å²) in [6.45, 7) is 3.63. The van der Waals surface area contributed by atoms with E-state index in [0.29, 0.717) is 5.69 Å². The first-order chi connectivity index (χ1) is 10.9. The van der Waals surface area contributed by atoms with Gasteiger partial charge in [0, 0.05) is 24.5 Å². The Labute approximate surface area is 138 Å². The topological polar surface area (TPSA) is 82.5 Å². The molecule has 2 amide bonds. The van der Waals surface area contributed by atoms with Gasteiger partial charge in [0.2, 0.25) is 0 Å². The molecular formula is C16H19N3O3S. The molecule has 2 N–H and O–H groups in total. The number of nitrogens with one attached hydrogen (secondary N) is 1. The summed E-state index contributed by atoms with van der Waals surface area (Å²) in [4.78, 5) is 29.0. The number of benzene rings is 1. The van der Waals surface area contributed by atoms with Crippen LogP contribution in [0.15, 0.2) is 29.6 Å². The fourth-order valence-corrected chi connectivity index (χ4v) is 2.70. The van der Waals surface area contributed by atoms with Crippen LogP contribution < -0.4 is 5.32 Å². The van der Waals surface area contributed by atoms with Crippen LogP contribution >= 0.6 is 11.3 Å². The van der Waals surface area contributed by atoms with Crippen LogP contribution in [0.25, 0.3) is 11.3 Å². The third-order valence-corrected chi connectivity index (χ3v) is 4.15. The van der Waals surface area contributed by atoms with Gasteiger partial charge in [-0.15, -0.1) is 11.3 Å². The lowest BCUT2D eigenvalue weighted by Gasteiger charge is -2.20. The van der Waals surface area contributed by atoms with Crippen LogP contribution in [0.3, 0.4) is 0 Å². The van der Waals surface area contributed by atoms with Gasteiger partial charge in [0.05, 0.1) is 22.3 Å². The van der Waals surface area contributed by atoms with Crippen molar-refractivity contribution in [3.8, 4) is 11.3 Å². The summed E-state index contributed by atoms with van der Waals surface area (Å²) in [5, 5.41) is 14.6. The second-order valence-corrected chi connectivity index (χ2v) is 6.41. The molecule has 1 heterocycles. The molecule has 1 aromatic heterocycles. The van der Waals surface area contributed by atoms with Crippen LogP contribution in [0.5, 0.6) is 0 Å². The van der Waals surface area contributed by atoms with Crippen molar-refractivity contribution in [2.45, 2.75) is 13.8 Å². The van der Waals surface area contributed by atoms with E-state index in [1.807, 2.05) is 30.5 Å². The number of rotatable bonds is 5. The molecule has 0 fully saturated rings. The molecule has 0 spiro atoms. The second-order valence-electron chi connectivity index (χ2n) is 5.35. The summed E-state index contributed by atoms with van der Waals surface area (Å²) in [5.74, 6) is -1.55. The van der Waals surface area contributed by atoms with Gasteiger partial charge in [-0.3, -0.25) is 4.79 Å². The van der Waals surface area contributed by atoms with Crippen molar-refractivity contribution in [1.82, 2.24) is 9.88 Å². The Balaban J connectivity index is 2.14. The highest BCUT2D eigenvalue weighted by Gasteiger charge is 2.18. The maximum atomic E-state index is 12.3. The number of anilines is 1. The Hall–Kier alpha value is -2.41. The second kappa shape index (κ2) is 7.23. The summed E-state index contributed by atoms with van der Waals surface area (Å²) in [5.41, 5.74) is 2.30. The third-order valence-electron chi connectivity index (χ3n) is 3.38. The van der Waals surface area contributed by atoms with E-state index in [1.165, 1.54) is 4.90 Å². The number of urea groups is 1. The van der Waals surface area contributed by atoms with Crippen molar-refractivity contribution in [2.24, 2.45) is 5.92 Å². The molecule has 0 aliphatic rings. The maximum absolute atomic E-state index is 12.3. The van der Waals surface area contributed by atoms with Crippen LogP contribution in [-0.2, 0) is 4.79 Å². The van der Waals surface area contributed by atoms with E-state index in [-0.39, 0.29) is 12.6 Å². The van der Waals surface area contributed by atoms with Crippen LogP contribution in [0.1, 0.15) is 11.9 Å². The largest absolute Gasteiger partial charge is 0.481 e. The molecule has 1 aromatic carbocycles. The van der Waals surface area contributed by atoms with Gasteiger partial charge in [-0.25, -0.2) is 9.78 Å². The summed E-state index contributed by atoms with van der Waals surface area (Å²) in [6, 6.07) is 7.06. The summed E-state index contributed by atoms with van der Waals surface area (Å²) in [7, 11) is 1.57. The average Bonchev–Trinajstić information content (AvgIpc) is 2.93. The number of aromatic nitrogens is 1. The van der Waals surface area contributed by atoms with Crippen molar-refractivity contribution in [2.75, 3.05) is 18.9 Å². The van der Waals surface area contributed by atoms with Crippen molar-refractivity contribution in [3.63, 3.8) is 0 Å². The molecule has 0 aliphatic carbocycles. The van der Waals surface area contributed by atoms with E-state index >= 15 is 0 Å². The molecule has 1 atom stereocenters. The van der Waals surface area contributed by atoms with Crippen molar-refractivity contribution in [1.29, 1.82) is 0 Å². The molecule has 2 rings (SSSR count). The average molecular weight is 333 g/mol. The SMILES string of the molecule is Cc1nc(-c2ccccc2NC(=O)N(C)CC(C)C(=O)O)cs1. The zero-order chi connectivity index (χ0) is 17.0. The van der Waals surface area contributed by atoms with Crippen LogP contribution in [0.2, 0.25) is 0 Å². The zero-order valence-corrected chi connectivity index (χ0v) is 14.1. The molecule has 23 heavy (non-hydrogen) atoms. The summed E-state index contributed by atoms with van der Waals surface area (Å²) in [6.07, 6.45) is 0. The lowest BCUT2D eigenvalue weighted by Crippen LogP contribution is -2.36. The highest BCUT2D eigenvalue weighted by molar-refractivity contribution is 7.09. The van der Waals surface area contributed by atoms with Crippen molar-refractivity contribution in [3.05, 3.63) is 34.7 Å². The molecular weight excluding hydrogens is 314 g/mol. The number of thiazole rings is 1. The number of carbonyl (C=O) groups is 2. The number of para-hydroxylation sites is 1. The minimum absolute atomic E-state index is 0.138. The monoisotopic (exact) mass is 333 g/mol. The van der Waals surface area contributed by atoms with Crippen LogP contribution in [0.4, 0.5) is 10.5 Å². The predicted molar refractivity (Wildman–Crippen MR) is 90.7 cm³/mol.